The van der Waals surface area contributed by atoms with Crippen LogP contribution in [0, 0.1) is 0 Å². The Morgan fingerprint density at radius 1 is 1.70 bits per heavy atom. The normalized spacial score (nSPS) is 12.4. The van der Waals surface area contributed by atoms with E-state index in [-0.39, 0.29) is 9.52 Å². The molecule has 10 heavy (non-hydrogen) atoms. The van der Waals surface area contributed by atoms with Crippen LogP contribution in [0.15, 0.2) is 11.1 Å². The first-order valence-electron chi connectivity index (χ1n) is 3.60. The van der Waals surface area contributed by atoms with Crippen LogP contribution in [0.1, 0.15) is 13.3 Å². The van der Waals surface area contributed by atoms with E-state index in [4.69, 9.17) is 0 Å². The van der Waals surface area contributed by atoms with Crippen LogP contribution >= 0.6 is 0 Å². The van der Waals surface area contributed by atoms with Gasteiger partial charge < -0.3 is 0 Å². The maximum absolute atomic E-state index is 11.1. The van der Waals surface area contributed by atoms with Crippen LogP contribution in [-0.4, -0.2) is 9.52 Å². The molecule has 0 saturated heterocycles. The van der Waals surface area contributed by atoms with E-state index in [1.54, 1.807) is 0 Å². The SMILES string of the molecule is C=[C](C)[Co](=[O])[CH2]CC[SiH2]C. The first-order valence-corrected chi connectivity index (χ1v) is 7.69. The summed E-state index contributed by atoms with van der Waals surface area (Å²) in [6.45, 7) is 7.79. The average Bonchev–Trinajstić information content (AvgIpc) is 1.88. The predicted molar refractivity (Wildman–Crippen MR) is 44.1 cm³/mol. The Hall–Kier alpha value is 0.263. The van der Waals surface area contributed by atoms with Gasteiger partial charge in [0.15, 0.2) is 0 Å². The number of rotatable bonds is 5. The Morgan fingerprint density at radius 3 is 2.70 bits per heavy atom. The molecule has 0 heterocycles. The monoisotopic (exact) mass is 203 g/mol. The van der Waals surface area contributed by atoms with Crippen molar-refractivity contribution in [3.8, 4) is 0 Å². The third-order valence-corrected chi connectivity index (χ3v) is 4.23. The van der Waals surface area contributed by atoms with Crippen LogP contribution in [0.25, 0.3) is 0 Å². The zero-order chi connectivity index (χ0) is 7.98. The maximum atomic E-state index is 11.1. The van der Waals surface area contributed by atoms with Crippen LogP contribution < -0.4 is 0 Å². The third kappa shape index (κ3) is 5.08. The molecule has 0 aliphatic heterocycles. The van der Waals surface area contributed by atoms with Crippen molar-refractivity contribution in [2.75, 3.05) is 0 Å². The molecule has 63 valence electrons. The number of allylic oxidation sites excluding steroid dienone is 1. The zero-order valence-electron chi connectivity index (χ0n) is 6.78. The summed E-state index contributed by atoms with van der Waals surface area (Å²) in [7, 11) is 0.188. The average molecular weight is 203 g/mol. The van der Waals surface area contributed by atoms with Crippen molar-refractivity contribution in [1.82, 2.24) is 0 Å². The molecule has 0 spiro atoms. The van der Waals surface area contributed by atoms with E-state index in [1.165, 1.54) is 6.04 Å². The molecule has 0 unspecified atom stereocenters. The molecule has 3 heteroatoms. The quantitative estimate of drug-likeness (QED) is 0.493. The molecular formula is C7H16CoOSi. The van der Waals surface area contributed by atoms with E-state index in [0.29, 0.717) is 0 Å². The van der Waals surface area contributed by atoms with E-state index in [9.17, 15) is 3.87 Å². The minimum atomic E-state index is -1.05. The summed E-state index contributed by atoms with van der Waals surface area (Å²) >= 11 is -1.05. The first kappa shape index (κ1) is 10.3. The van der Waals surface area contributed by atoms with Crippen molar-refractivity contribution in [3.05, 3.63) is 11.1 Å². The Bertz CT molecular complexity index is 134. The van der Waals surface area contributed by atoms with Gasteiger partial charge in [-0.25, -0.2) is 0 Å². The zero-order valence-corrected chi connectivity index (χ0v) is 9.23. The summed E-state index contributed by atoms with van der Waals surface area (Å²) in [5, 5.41) is 0.864. The molecule has 0 radical (unpaired) electrons. The van der Waals surface area contributed by atoms with Crippen molar-refractivity contribution in [2.24, 2.45) is 0 Å². The molecule has 1 nitrogen and oxygen atoms in total. The fourth-order valence-electron chi connectivity index (χ4n) is 0.583. The van der Waals surface area contributed by atoms with Gasteiger partial charge in [-0.1, -0.05) is 0 Å². The van der Waals surface area contributed by atoms with Gasteiger partial charge in [0.1, 0.15) is 0 Å². The second kappa shape index (κ2) is 6.00. The summed E-state index contributed by atoms with van der Waals surface area (Å²) in [6.07, 6.45) is 1.14. The molecule has 0 aromatic heterocycles. The standard InChI is InChI=1S/C4H11Si.C3H5.Co.O/c1-3-4-5-2;1-3-2;;/h1,3-5H2,2H3;1H2,2H3;;. The van der Waals surface area contributed by atoms with E-state index in [2.05, 4.69) is 13.1 Å². The van der Waals surface area contributed by atoms with Gasteiger partial charge in [-0.2, -0.15) is 0 Å². The van der Waals surface area contributed by atoms with Gasteiger partial charge in [0, 0.05) is 0 Å². The molecule has 0 N–H and O–H groups in total. The summed E-state index contributed by atoms with van der Waals surface area (Å²) < 4.78 is 11.9. The van der Waals surface area contributed by atoms with Crippen LogP contribution in [0.4, 0.5) is 0 Å². The van der Waals surface area contributed by atoms with E-state index in [1.807, 2.05) is 6.92 Å². The van der Waals surface area contributed by atoms with Crippen LogP contribution in [0.5, 0.6) is 0 Å². The van der Waals surface area contributed by atoms with Crippen molar-refractivity contribution in [2.45, 2.75) is 31.3 Å². The van der Waals surface area contributed by atoms with Gasteiger partial charge >= 0.3 is 69.3 Å². The van der Waals surface area contributed by atoms with Crippen molar-refractivity contribution in [1.29, 1.82) is 0 Å². The summed E-state index contributed by atoms with van der Waals surface area (Å²) in [5.74, 6) is 0. The Balaban J connectivity index is 3.31. The van der Waals surface area contributed by atoms with Crippen LogP contribution in [-0.2, 0) is 17.5 Å². The van der Waals surface area contributed by atoms with E-state index in [0.717, 1.165) is 16.3 Å². The summed E-state index contributed by atoms with van der Waals surface area (Å²) in [4.78, 5) is 0. The van der Waals surface area contributed by atoms with E-state index >= 15 is 0 Å². The Morgan fingerprint density at radius 2 is 2.30 bits per heavy atom. The molecule has 0 saturated carbocycles. The molecule has 0 aromatic rings. The third-order valence-electron chi connectivity index (χ3n) is 1.19. The Kier molecular flexibility index (Phi) is 6.16. The Labute approximate surface area is 69.7 Å². The summed E-state index contributed by atoms with van der Waals surface area (Å²) in [6, 6.07) is 1.33. The van der Waals surface area contributed by atoms with Crippen LogP contribution in [0.2, 0.25) is 17.9 Å². The fourth-order valence-corrected chi connectivity index (χ4v) is 2.81. The van der Waals surface area contributed by atoms with Crippen LogP contribution in [0.3, 0.4) is 0 Å². The van der Waals surface area contributed by atoms with Gasteiger partial charge in [-0.3, -0.25) is 0 Å². The number of hydrogen-bond donors (Lipinski definition) is 0. The van der Waals surface area contributed by atoms with Gasteiger partial charge in [0.05, 0.1) is 0 Å². The second-order valence-corrected chi connectivity index (χ2v) is 6.29. The molecule has 0 aromatic carbocycles. The van der Waals surface area contributed by atoms with Crippen molar-refractivity contribution >= 4 is 9.52 Å². The van der Waals surface area contributed by atoms with Gasteiger partial charge in [0.25, 0.3) is 0 Å². The molecule has 0 amide bonds. The topological polar surface area (TPSA) is 17.1 Å². The van der Waals surface area contributed by atoms with Gasteiger partial charge in [0.2, 0.25) is 0 Å². The molecule has 0 aliphatic carbocycles. The van der Waals surface area contributed by atoms with Crippen molar-refractivity contribution < 1.29 is 17.5 Å². The number of hydrogen-bond acceptors (Lipinski definition) is 1. The minimum absolute atomic E-state index is 0.188. The predicted octanol–water partition coefficient (Wildman–Crippen LogP) is 1.93. The molecule has 0 aliphatic rings. The molecule has 0 bridgehead atoms. The molecular weight excluding hydrogens is 187 g/mol. The van der Waals surface area contributed by atoms with Gasteiger partial charge in [-0.15, -0.1) is 0 Å². The molecule has 0 atom stereocenters. The first-order chi connectivity index (χ1) is 4.68. The molecule has 0 fully saturated rings. The fraction of sp³-hybridized carbons (Fsp3) is 0.714. The van der Waals surface area contributed by atoms with Gasteiger partial charge in [-0.05, 0) is 0 Å². The molecule has 0 rings (SSSR count). The van der Waals surface area contributed by atoms with E-state index < -0.39 is 13.6 Å². The summed E-state index contributed by atoms with van der Waals surface area (Å²) in [5.41, 5.74) is 0. The second-order valence-electron chi connectivity index (χ2n) is 2.29. The van der Waals surface area contributed by atoms with Crippen molar-refractivity contribution in [3.63, 3.8) is 0 Å².